The maximum atomic E-state index is 3.59. The van der Waals surface area contributed by atoms with E-state index in [1.807, 2.05) is 0 Å². The molecule has 19 heavy (non-hydrogen) atoms. The minimum atomic E-state index is 0.400. The van der Waals surface area contributed by atoms with Crippen molar-refractivity contribution in [2.75, 3.05) is 13.1 Å². The van der Waals surface area contributed by atoms with E-state index in [1.165, 1.54) is 31.2 Å². The summed E-state index contributed by atoms with van der Waals surface area (Å²) in [6, 6.07) is 10.8. The molecule has 0 aliphatic rings. The van der Waals surface area contributed by atoms with E-state index in [1.54, 1.807) is 0 Å². The van der Waals surface area contributed by atoms with Crippen LogP contribution in [0.3, 0.4) is 0 Å². The van der Waals surface area contributed by atoms with Crippen LogP contribution in [-0.4, -0.2) is 13.1 Å². The number of hydrogen-bond acceptors (Lipinski definition) is 1. The molecule has 0 aliphatic carbocycles. The molecule has 0 aliphatic heterocycles. The Hall–Kier alpha value is -0.820. The van der Waals surface area contributed by atoms with Gasteiger partial charge in [-0.2, -0.15) is 0 Å². The van der Waals surface area contributed by atoms with Crippen LogP contribution in [0.1, 0.15) is 52.5 Å². The van der Waals surface area contributed by atoms with Gasteiger partial charge in [0.15, 0.2) is 0 Å². The standard InChI is InChI=1S/C18H31N/c1-5-14-19-15-17(18(2,3)4)13-9-12-16-10-7-6-8-11-16/h6-8,10-11,17,19H,5,9,12-15H2,1-4H3. The number of rotatable bonds is 8. The molecule has 1 aromatic rings. The third kappa shape index (κ3) is 6.77. The van der Waals surface area contributed by atoms with E-state index < -0.39 is 0 Å². The minimum Gasteiger partial charge on any atom is -0.316 e. The van der Waals surface area contributed by atoms with Gasteiger partial charge in [0.2, 0.25) is 0 Å². The quantitative estimate of drug-likeness (QED) is 0.670. The first-order valence-corrected chi connectivity index (χ1v) is 7.78. The molecule has 0 saturated heterocycles. The zero-order chi connectivity index (χ0) is 14.1. The van der Waals surface area contributed by atoms with Gasteiger partial charge in [0, 0.05) is 0 Å². The molecule has 0 bridgehead atoms. The predicted octanol–water partition coefficient (Wildman–Crippen LogP) is 4.67. The highest BCUT2D eigenvalue weighted by Crippen LogP contribution is 2.29. The molecule has 108 valence electrons. The molecule has 0 aromatic heterocycles. The molecule has 0 fully saturated rings. The van der Waals surface area contributed by atoms with Gasteiger partial charge in [-0.1, -0.05) is 58.0 Å². The van der Waals surface area contributed by atoms with Crippen LogP contribution in [0.15, 0.2) is 30.3 Å². The second-order valence-corrected chi connectivity index (χ2v) is 6.64. The monoisotopic (exact) mass is 261 g/mol. The second-order valence-electron chi connectivity index (χ2n) is 6.64. The second kappa shape index (κ2) is 8.37. The van der Waals surface area contributed by atoms with Crippen molar-refractivity contribution in [2.24, 2.45) is 11.3 Å². The number of aryl methyl sites for hydroxylation is 1. The van der Waals surface area contributed by atoms with Crippen molar-refractivity contribution < 1.29 is 0 Å². The lowest BCUT2D eigenvalue weighted by Crippen LogP contribution is -2.32. The SMILES string of the molecule is CCCNCC(CCCc1ccccc1)C(C)(C)C. The van der Waals surface area contributed by atoms with Crippen LogP contribution < -0.4 is 5.32 Å². The lowest BCUT2D eigenvalue weighted by Gasteiger charge is -2.31. The van der Waals surface area contributed by atoms with Crippen LogP contribution in [0.2, 0.25) is 0 Å². The number of nitrogens with one attached hydrogen (secondary N) is 1. The lowest BCUT2D eigenvalue weighted by molar-refractivity contribution is 0.215. The fourth-order valence-electron chi connectivity index (χ4n) is 2.49. The van der Waals surface area contributed by atoms with Gasteiger partial charge in [0.05, 0.1) is 0 Å². The number of benzene rings is 1. The number of hydrogen-bond donors (Lipinski definition) is 1. The highest BCUT2D eigenvalue weighted by atomic mass is 14.9. The van der Waals surface area contributed by atoms with Crippen molar-refractivity contribution in [3.63, 3.8) is 0 Å². The van der Waals surface area contributed by atoms with Crippen molar-refractivity contribution in [1.82, 2.24) is 5.32 Å². The lowest BCUT2D eigenvalue weighted by atomic mass is 9.77. The fourth-order valence-corrected chi connectivity index (χ4v) is 2.49. The Morgan fingerprint density at radius 2 is 1.79 bits per heavy atom. The summed E-state index contributed by atoms with van der Waals surface area (Å²) in [5, 5.41) is 3.59. The molecule has 0 spiro atoms. The third-order valence-electron chi connectivity index (χ3n) is 3.90. The van der Waals surface area contributed by atoms with E-state index in [0.29, 0.717) is 5.41 Å². The van der Waals surface area contributed by atoms with Crippen LogP contribution in [-0.2, 0) is 6.42 Å². The van der Waals surface area contributed by atoms with Crippen LogP contribution in [0.5, 0.6) is 0 Å². The van der Waals surface area contributed by atoms with Crippen LogP contribution in [0, 0.1) is 11.3 Å². The Morgan fingerprint density at radius 1 is 1.11 bits per heavy atom. The largest absolute Gasteiger partial charge is 0.316 e. The normalized spacial score (nSPS) is 13.5. The molecule has 1 unspecified atom stereocenters. The van der Waals surface area contributed by atoms with Crippen LogP contribution >= 0.6 is 0 Å². The molecular weight excluding hydrogens is 230 g/mol. The van der Waals surface area contributed by atoms with Gasteiger partial charge >= 0.3 is 0 Å². The molecule has 1 atom stereocenters. The molecule has 0 amide bonds. The summed E-state index contributed by atoms with van der Waals surface area (Å²) in [5.41, 5.74) is 1.87. The first-order valence-electron chi connectivity index (χ1n) is 7.78. The van der Waals surface area contributed by atoms with Gasteiger partial charge in [-0.3, -0.25) is 0 Å². The van der Waals surface area contributed by atoms with E-state index in [4.69, 9.17) is 0 Å². The molecule has 1 rings (SSSR count). The van der Waals surface area contributed by atoms with Crippen molar-refractivity contribution in [2.45, 2.75) is 53.4 Å². The molecule has 1 nitrogen and oxygen atoms in total. The molecule has 1 N–H and O–H groups in total. The van der Waals surface area contributed by atoms with Gasteiger partial charge in [0.25, 0.3) is 0 Å². The minimum absolute atomic E-state index is 0.400. The Bertz CT molecular complexity index is 323. The van der Waals surface area contributed by atoms with Crippen molar-refractivity contribution >= 4 is 0 Å². The Kier molecular flexibility index (Phi) is 7.15. The van der Waals surface area contributed by atoms with Crippen LogP contribution in [0.25, 0.3) is 0 Å². The molecule has 1 heteroatoms. The maximum absolute atomic E-state index is 3.59. The maximum Gasteiger partial charge on any atom is -0.00155 e. The molecule has 0 heterocycles. The van der Waals surface area contributed by atoms with Gasteiger partial charge in [0.1, 0.15) is 0 Å². The van der Waals surface area contributed by atoms with E-state index in [2.05, 4.69) is 63.3 Å². The molecular formula is C18H31N. The topological polar surface area (TPSA) is 12.0 Å². The highest BCUT2D eigenvalue weighted by Gasteiger charge is 2.23. The Morgan fingerprint density at radius 3 is 2.37 bits per heavy atom. The fraction of sp³-hybridized carbons (Fsp3) is 0.667. The average Bonchev–Trinajstić information content (AvgIpc) is 2.37. The van der Waals surface area contributed by atoms with Crippen LogP contribution in [0.4, 0.5) is 0 Å². The van der Waals surface area contributed by atoms with Crippen molar-refractivity contribution in [1.29, 1.82) is 0 Å². The zero-order valence-corrected chi connectivity index (χ0v) is 13.2. The predicted molar refractivity (Wildman–Crippen MR) is 85.5 cm³/mol. The summed E-state index contributed by atoms with van der Waals surface area (Å²) >= 11 is 0. The van der Waals surface area contributed by atoms with Gasteiger partial charge < -0.3 is 5.32 Å². The average molecular weight is 261 g/mol. The summed E-state index contributed by atoms with van der Waals surface area (Å²) in [6.07, 6.45) is 5.04. The molecule has 1 aromatic carbocycles. The summed E-state index contributed by atoms with van der Waals surface area (Å²) in [6.45, 7) is 11.6. The van der Waals surface area contributed by atoms with E-state index >= 15 is 0 Å². The Balaban J connectivity index is 2.36. The van der Waals surface area contributed by atoms with Crippen molar-refractivity contribution in [3.8, 4) is 0 Å². The van der Waals surface area contributed by atoms with Gasteiger partial charge in [-0.05, 0) is 55.7 Å². The molecule has 0 saturated carbocycles. The highest BCUT2D eigenvalue weighted by molar-refractivity contribution is 5.14. The Labute approximate surface area is 119 Å². The van der Waals surface area contributed by atoms with Gasteiger partial charge in [-0.15, -0.1) is 0 Å². The summed E-state index contributed by atoms with van der Waals surface area (Å²) in [4.78, 5) is 0. The molecule has 0 radical (unpaired) electrons. The van der Waals surface area contributed by atoms with E-state index in [0.717, 1.165) is 19.0 Å². The van der Waals surface area contributed by atoms with E-state index in [9.17, 15) is 0 Å². The first kappa shape index (κ1) is 16.2. The first-order chi connectivity index (χ1) is 9.04. The smallest absolute Gasteiger partial charge is 0.00155 e. The summed E-state index contributed by atoms with van der Waals surface area (Å²) in [7, 11) is 0. The summed E-state index contributed by atoms with van der Waals surface area (Å²) < 4.78 is 0. The van der Waals surface area contributed by atoms with Gasteiger partial charge in [-0.25, -0.2) is 0 Å². The zero-order valence-electron chi connectivity index (χ0n) is 13.2. The van der Waals surface area contributed by atoms with E-state index in [-0.39, 0.29) is 0 Å². The van der Waals surface area contributed by atoms with Crippen molar-refractivity contribution in [3.05, 3.63) is 35.9 Å². The summed E-state index contributed by atoms with van der Waals surface area (Å²) in [5.74, 6) is 0.766. The third-order valence-corrected chi connectivity index (χ3v) is 3.90.